The molecular weight excluding hydrogens is 448 g/mol. The van der Waals surface area contributed by atoms with E-state index < -0.39 is 0 Å². The number of carbonyl (C=O) groups excluding carboxylic acids is 1. The molecule has 2 aromatic carbocycles. The second kappa shape index (κ2) is 9.15. The zero-order chi connectivity index (χ0) is 24.6. The van der Waals surface area contributed by atoms with E-state index in [-0.39, 0.29) is 5.91 Å². The number of allylic oxidation sites excluding steroid dienone is 2. The number of piperidine rings is 1. The van der Waals surface area contributed by atoms with Crippen LogP contribution in [0.3, 0.4) is 0 Å². The maximum absolute atomic E-state index is 11.7. The lowest BCUT2D eigenvalue weighted by molar-refractivity contribution is -0.130. The number of amides is 1. The van der Waals surface area contributed by atoms with E-state index in [1.165, 1.54) is 10.9 Å². The molecular formula is C29H30N6O. The number of carbonyl (C=O) groups is 1. The Morgan fingerprint density at radius 2 is 1.89 bits per heavy atom. The lowest BCUT2D eigenvalue weighted by atomic mass is 10.0. The van der Waals surface area contributed by atoms with Crippen LogP contribution in [0.4, 0.5) is 5.69 Å². The third-order valence-corrected chi connectivity index (χ3v) is 7.38. The summed E-state index contributed by atoms with van der Waals surface area (Å²) in [5.74, 6) is 0.173. The number of fused-ring (bicyclic) bond motifs is 2. The molecule has 0 radical (unpaired) electrons. The van der Waals surface area contributed by atoms with Crippen LogP contribution in [0.25, 0.3) is 33.1 Å². The van der Waals surface area contributed by atoms with Crippen LogP contribution in [0, 0.1) is 0 Å². The van der Waals surface area contributed by atoms with E-state index in [2.05, 4.69) is 92.7 Å². The zero-order valence-corrected chi connectivity index (χ0v) is 20.7. The van der Waals surface area contributed by atoms with Crippen LogP contribution in [0.15, 0.2) is 79.0 Å². The van der Waals surface area contributed by atoms with Crippen molar-refractivity contribution in [3.05, 3.63) is 79.0 Å². The number of benzene rings is 2. The molecule has 36 heavy (non-hydrogen) atoms. The average Bonchev–Trinajstić information content (AvgIpc) is 3.28. The van der Waals surface area contributed by atoms with Crippen LogP contribution in [0.5, 0.6) is 0 Å². The first kappa shape index (κ1) is 22.3. The van der Waals surface area contributed by atoms with Crippen LogP contribution in [0.1, 0.15) is 19.8 Å². The molecule has 0 bridgehead atoms. The lowest BCUT2D eigenvalue weighted by Crippen LogP contribution is -2.45. The Morgan fingerprint density at radius 1 is 1.06 bits per heavy atom. The number of rotatable bonds is 4. The van der Waals surface area contributed by atoms with Gasteiger partial charge in [-0.2, -0.15) is 0 Å². The van der Waals surface area contributed by atoms with Gasteiger partial charge in [-0.3, -0.25) is 14.8 Å². The predicted molar refractivity (Wildman–Crippen MR) is 144 cm³/mol. The highest BCUT2D eigenvalue weighted by Crippen LogP contribution is 2.33. The minimum atomic E-state index is 0.173. The molecule has 2 aliphatic rings. The molecule has 0 unspecified atom stereocenters. The fourth-order valence-electron chi connectivity index (χ4n) is 5.40. The standard InChI is InChI=1S/C29H30N6O/c1-20(36)34-14-8-25(9-15-34)35-12-3-4-23(19-35)32-24-17-26(29-27(18-24)30-10-11-31-29)22-6-5-21-7-13-33(2)28(21)16-22/h3-7,10-13,16-18,25,32H,8-9,14-15,19H2,1-2H3. The summed E-state index contributed by atoms with van der Waals surface area (Å²) in [6.07, 6.45) is 14.0. The fourth-order valence-corrected chi connectivity index (χ4v) is 5.40. The van der Waals surface area contributed by atoms with Crippen LogP contribution in [0.2, 0.25) is 0 Å². The molecule has 1 saturated heterocycles. The molecule has 1 fully saturated rings. The van der Waals surface area contributed by atoms with E-state index >= 15 is 0 Å². The van der Waals surface area contributed by atoms with Crippen molar-refractivity contribution in [1.29, 1.82) is 0 Å². The lowest BCUT2D eigenvalue weighted by Gasteiger charge is -2.39. The first-order valence-corrected chi connectivity index (χ1v) is 12.5. The number of likely N-dealkylation sites (tertiary alicyclic amines) is 1. The number of hydrogen-bond acceptors (Lipinski definition) is 5. The Hall–Kier alpha value is -4.13. The molecule has 0 atom stereocenters. The van der Waals surface area contributed by atoms with Crippen LogP contribution in [-0.2, 0) is 11.8 Å². The zero-order valence-electron chi connectivity index (χ0n) is 20.7. The summed E-state index contributed by atoms with van der Waals surface area (Å²) in [5, 5.41) is 4.88. The first-order chi connectivity index (χ1) is 17.5. The number of nitrogens with zero attached hydrogens (tertiary/aromatic N) is 5. The first-order valence-electron chi connectivity index (χ1n) is 12.5. The van der Waals surface area contributed by atoms with Gasteiger partial charge < -0.3 is 19.7 Å². The van der Waals surface area contributed by atoms with E-state index in [9.17, 15) is 4.79 Å². The van der Waals surface area contributed by atoms with Gasteiger partial charge in [0.15, 0.2) is 0 Å². The van der Waals surface area contributed by atoms with Gasteiger partial charge in [0.2, 0.25) is 5.91 Å². The Kier molecular flexibility index (Phi) is 5.68. The molecule has 1 N–H and O–H groups in total. The molecule has 0 spiro atoms. The SMILES string of the molecule is CC(=O)N1CCC(N2C=CC=C(Nc3cc(-c4ccc5ccn(C)c5c4)c4nccnc4c3)C2)CC1. The highest BCUT2D eigenvalue weighted by molar-refractivity contribution is 5.97. The van der Waals surface area contributed by atoms with Crippen LogP contribution < -0.4 is 5.32 Å². The number of nitrogens with one attached hydrogen (secondary N) is 1. The van der Waals surface area contributed by atoms with Crippen molar-refractivity contribution < 1.29 is 4.79 Å². The van der Waals surface area contributed by atoms with Crippen LogP contribution >= 0.6 is 0 Å². The maximum Gasteiger partial charge on any atom is 0.219 e. The summed E-state index contributed by atoms with van der Waals surface area (Å²) in [4.78, 5) is 25.3. The fraction of sp³-hybridized carbons (Fsp3) is 0.276. The third-order valence-electron chi connectivity index (χ3n) is 7.38. The van der Waals surface area contributed by atoms with Gasteiger partial charge in [0.1, 0.15) is 0 Å². The number of hydrogen-bond donors (Lipinski definition) is 1. The smallest absolute Gasteiger partial charge is 0.219 e. The molecule has 4 aromatic rings. The molecule has 2 aliphatic heterocycles. The van der Waals surface area contributed by atoms with Crippen molar-refractivity contribution in [2.45, 2.75) is 25.8 Å². The molecule has 2 aromatic heterocycles. The largest absolute Gasteiger partial charge is 0.369 e. The van der Waals surface area contributed by atoms with E-state index in [1.807, 2.05) is 4.90 Å². The van der Waals surface area contributed by atoms with Crippen molar-refractivity contribution in [3.8, 4) is 11.1 Å². The van der Waals surface area contributed by atoms with Gasteiger partial charge in [-0.05, 0) is 66.4 Å². The van der Waals surface area contributed by atoms with Gasteiger partial charge in [0.05, 0.1) is 17.6 Å². The molecule has 7 heteroatoms. The summed E-state index contributed by atoms with van der Waals surface area (Å²) in [6.45, 7) is 4.13. The summed E-state index contributed by atoms with van der Waals surface area (Å²) in [6, 6.07) is 13.4. The predicted octanol–water partition coefficient (Wildman–Crippen LogP) is 4.92. The van der Waals surface area contributed by atoms with Gasteiger partial charge >= 0.3 is 0 Å². The topological polar surface area (TPSA) is 66.3 Å². The minimum absolute atomic E-state index is 0.173. The third kappa shape index (κ3) is 4.21. The molecule has 0 aliphatic carbocycles. The Labute approximate surface area is 210 Å². The monoisotopic (exact) mass is 478 g/mol. The van der Waals surface area contributed by atoms with Gasteiger partial charge in [0, 0.05) is 74.2 Å². The van der Waals surface area contributed by atoms with E-state index in [0.717, 1.165) is 66.0 Å². The number of aromatic nitrogens is 3. The second-order valence-corrected chi connectivity index (χ2v) is 9.72. The van der Waals surface area contributed by atoms with Gasteiger partial charge in [-0.25, -0.2) is 0 Å². The Balaban J connectivity index is 1.27. The van der Waals surface area contributed by atoms with Gasteiger partial charge in [-0.1, -0.05) is 12.1 Å². The summed E-state index contributed by atoms with van der Waals surface area (Å²) in [5.41, 5.74) is 7.27. The highest BCUT2D eigenvalue weighted by atomic mass is 16.2. The van der Waals surface area contributed by atoms with Crippen LogP contribution in [-0.4, -0.2) is 55.9 Å². The van der Waals surface area contributed by atoms with E-state index in [4.69, 9.17) is 0 Å². The van der Waals surface area contributed by atoms with Gasteiger partial charge in [0.25, 0.3) is 0 Å². The maximum atomic E-state index is 11.7. The normalized spacial score (nSPS) is 16.6. The molecule has 182 valence electrons. The second-order valence-electron chi connectivity index (χ2n) is 9.72. The Bertz CT molecular complexity index is 1510. The summed E-state index contributed by atoms with van der Waals surface area (Å²) >= 11 is 0. The van der Waals surface area contributed by atoms with Crippen molar-refractivity contribution in [3.63, 3.8) is 0 Å². The van der Waals surface area contributed by atoms with Crippen molar-refractivity contribution >= 4 is 33.5 Å². The van der Waals surface area contributed by atoms with Crippen molar-refractivity contribution in [2.75, 3.05) is 25.0 Å². The number of aryl methyl sites for hydroxylation is 1. The molecule has 0 saturated carbocycles. The van der Waals surface area contributed by atoms with Crippen molar-refractivity contribution in [1.82, 2.24) is 24.3 Å². The van der Waals surface area contributed by atoms with Gasteiger partial charge in [-0.15, -0.1) is 0 Å². The number of anilines is 1. The summed E-state index contributed by atoms with van der Waals surface area (Å²) in [7, 11) is 2.07. The Morgan fingerprint density at radius 3 is 2.72 bits per heavy atom. The molecule has 6 rings (SSSR count). The summed E-state index contributed by atoms with van der Waals surface area (Å²) < 4.78 is 2.14. The molecule has 4 heterocycles. The molecule has 1 amide bonds. The van der Waals surface area contributed by atoms with E-state index in [1.54, 1.807) is 19.3 Å². The molecule has 7 nitrogen and oxygen atoms in total. The van der Waals surface area contributed by atoms with E-state index in [0.29, 0.717) is 6.04 Å². The highest BCUT2D eigenvalue weighted by Gasteiger charge is 2.25. The minimum Gasteiger partial charge on any atom is -0.369 e. The van der Waals surface area contributed by atoms with Crippen molar-refractivity contribution in [2.24, 2.45) is 7.05 Å². The quantitative estimate of drug-likeness (QED) is 0.451. The average molecular weight is 479 g/mol.